The molecule has 20 heavy (non-hydrogen) atoms. The summed E-state index contributed by atoms with van der Waals surface area (Å²) in [5, 5.41) is 18.3. The number of benzene rings is 1. The number of hydrogen-bond donors (Lipinski definition) is 1. The van der Waals surface area contributed by atoms with Gasteiger partial charge in [-0.05, 0) is 49.8 Å². The van der Waals surface area contributed by atoms with Gasteiger partial charge in [0.25, 0.3) is 0 Å². The lowest BCUT2D eigenvalue weighted by molar-refractivity contribution is -0.151. The summed E-state index contributed by atoms with van der Waals surface area (Å²) in [6, 6.07) is 9.68. The van der Waals surface area contributed by atoms with Crippen molar-refractivity contribution in [1.29, 1.82) is 5.26 Å². The minimum absolute atomic E-state index is 0.481. The van der Waals surface area contributed by atoms with Crippen molar-refractivity contribution in [3.05, 3.63) is 35.4 Å². The number of nitrogens with zero attached hydrogens (tertiary/aromatic N) is 1. The number of aryl methyl sites for hydroxylation is 1. The van der Waals surface area contributed by atoms with Crippen molar-refractivity contribution in [3.8, 4) is 6.07 Å². The van der Waals surface area contributed by atoms with Crippen molar-refractivity contribution in [2.24, 2.45) is 5.41 Å². The summed E-state index contributed by atoms with van der Waals surface area (Å²) < 4.78 is 0. The van der Waals surface area contributed by atoms with Gasteiger partial charge >= 0.3 is 5.97 Å². The molecule has 1 aliphatic rings. The van der Waals surface area contributed by atoms with Crippen LogP contribution in [0.1, 0.15) is 56.1 Å². The van der Waals surface area contributed by atoms with E-state index in [-0.39, 0.29) is 0 Å². The van der Waals surface area contributed by atoms with Gasteiger partial charge < -0.3 is 5.11 Å². The van der Waals surface area contributed by atoms with Crippen LogP contribution in [0.25, 0.3) is 0 Å². The molecular weight excluding hydrogens is 250 g/mol. The lowest BCUT2D eigenvalue weighted by Crippen LogP contribution is -2.33. The first-order valence-electron chi connectivity index (χ1n) is 7.39. The van der Waals surface area contributed by atoms with E-state index in [1.807, 2.05) is 24.3 Å². The molecule has 106 valence electrons. The molecule has 0 unspecified atom stereocenters. The second-order valence-electron chi connectivity index (χ2n) is 5.81. The van der Waals surface area contributed by atoms with Gasteiger partial charge in [-0.25, -0.2) is 0 Å². The molecule has 3 heteroatoms. The fraction of sp³-hybridized carbons (Fsp3) is 0.529. The minimum atomic E-state index is -0.614. The van der Waals surface area contributed by atoms with E-state index in [9.17, 15) is 9.90 Å². The van der Waals surface area contributed by atoms with Crippen molar-refractivity contribution in [2.45, 2.75) is 51.4 Å². The summed E-state index contributed by atoms with van der Waals surface area (Å²) in [4.78, 5) is 11.6. The lowest BCUT2D eigenvalue weighted by Gasteiger charge is -2.33. The van der Waals surface area contributed by atoms with Gasteiger partial charge in [0.1, 0.15) is 0 Å². The molecule has 0 amide bonds. The maximum absolute atomic E-state index is 11.6. The molecule has 0 saturated heterocycles. The van der Waals surface area contributed by atoms with E-state index in [0.29, 0.717) is 5.56 Å². The van der Waals surface area contributed by atoms with Crippen LogP contribution in [0, 0.1) is 16.7 Å². The molecule has 1 aromatic rings. The third-order valence-electron chi connectivity index (χ3n) is 4.47. The van der Waals surface area contributed by atoms with Crippen molar-refractivity contribution < 1.29 is 9.90 Å². The Morgan fingerprint density at radius 3 is 2.40 bits per heavy atom. The van der Waals surface area contributed by atoms with Crippen LogP contribution in [-0.2, 0) is 11.2 Å². The van der Waals surface area contributed by atoms with Crippen LogP contribution < -0.4 is 0 Å². The van der Waals surface area contributed by atoms with Crippen LogP contribution in [-0.4, -0.2) is 11.1 Å². The van der Waals surface area contributed by atoms with Crippen molar-refractivity contribution in [1.82, 2.24) is 0 Å². The average Bonchev–Trinajstić information content (AvgIpc) is 2.49. The number of rotatable bonds is 5. The van der Waals surface area contributed by atoms with Gasteiger partial charge in [0.15, 0.2) is 0 Å². The fourth-order valence-corrected chi connectivity index (χ4v) is 3.18. The fourth-order valence-electron chi connectivity index (χ4n) is 3.18. The summed E-state index contributed by atoms with van der Waals surface area (Å²) in [7, 11) is 0. The van der Waals surface area contributed by atoms with Crippen LogP contribution in [0.5, 0.6) is 0 Å². The standard InChI is InChI=1S/C17H21NO2/c18-13-15-8-6-14(7-9-15)5-4-12-17(16(19)20)10-2-1-3-11-17/h6-9H,1-5,10-12H2,(H,19,20). The molecular formula is C17H21NO2. The van der Waals surface area contributed by atoms with Gasteiger partial charge in [0, 0.05) is 0 Å². The molecule has 0 aromatic heterocycles. The smallest absolute Gasteiger partial charge is 0.309 e. The van der Waals surface area contributed by atoms with E-state index >= 15 is 0 Å². The Hall–Kier alpha value is -1.82. The summed E-state index contributed by atoms with van der Waals surface area (Å²) in [6.45, 7) is 0. The van der Waals surface area contributed by atoms with Crippen LogP contribution in [0.2, 0.25) is 0 Å². The number of carboxylic acid groups (broad SMARTS) is 1. The molecule has 2 rings (SSSR count). The lowest BCUT2D eigenvalue weighted by atomic mass is 9.71. The molecule has 1 N–H and O–H groups in total. The predicted molar refractivity (Wildman–Crippen MR) is 77.2 cm³/mol. The number of carbonyl (C=O) groups is 1. The van der Waals surface area contributed by atoms with Crippen molar-refractivity contribution in [2.75, 3.05) is 0 Å². The predicted octanol–water partition coefficient (Wildman–Crippen LogP) is 3.92. The molecule has 1 saturated carbocycles. The number of nitriles is 1. The molecule has 0 heterocycles. The van der Waals surface area contributed by atoms with Gasteiger partial charge in [-0.3, -0.25) is 4.79 Å². The molecule has 1 aromatic carbocycles. The summed E-state index contributed by atoms with van der Waals surface area (Å²) in [6.07, 6.45) is 7.48. The zero-order valence-electron chi connectivity index (χ0n) is 11.8. The van der Waals surface area contributed by atoms with Gasteiger partial charge in [-0.2, -0.15) is 5.26 Å². The Morgan fingerprint density at radius 1 is 1.20 bits per heavy atom. The van der Waals surface area contributed by atoms with Crippen LogP contribution in [0.3, 0.4) is 0 Å². The first kappa shape index (κ1) is 14.6. The molecule has 0 aliphatic heterocycles. The Bertz CT molecular complexity index is 493. The molecule has 3 nitrogen and oxygen atoms in total. The van der Waals surface area contributed by atoms with Gasteiger partial charge in [0.05, 0.1) is 17.0 Å². The highest BCUT2D eigenvalue weighted by Gasteiger charge is 2.38. The topological polar surface area (TPSA) is 61.1 Å². The molecule has 1 fully saturated rings. The van der Waals surface area contributed by atoms with Crippen LogP contribution in [0.15, 0.2) is 24.3 Å². The highest BCUT2D eigenvalue weighted by atomic mass is 16.4. The summed E-state index contributed by atoms with van der Waals surface area (Å²) in [5.74, 6) is -0.614. The maximum Gasteiger partial charge on any atom is 0.309 e. The second-order valence-corrected chi connectivity index (χ2v) is 5.81. The van der Waals surface area contributed by atoms with E-state index in [0.717, 1.165) is 44.9 Å². The highest BCUT2D eigenvalue weighted by molar-refractivity contribution is 5.74. The largest absolute Gasteiger partial charge is 0.481 e. The Balaban J connectivity index is 1.90. The molecule has 0 radical (unpaired) electrons. The van der Waals surface area contributed by atoms with E-state index in [1.165, 1.54) is 12.0 Å². The SMILES string of the molecule is N#Cc1ccc(CCCC2(C(=O)O)CCCCC2)cc1. The molecule has 0 bridgehead atoms. The zero-order chi connectivity index (χ0) is 14.4. The number of carboxylic acids is 1. The molecule has 1 aliphatic carbocycles. The first-order valence-corrected chi connectivity index (χ1v) is 7.39. The normalized spacial score (nSPS) is 17.4. The second kappa shape index (κ2) is 6.56. The number of aliphatic carboxylic acids is 1. The van der Waals surface area contributed by atoms with Gasteiger partial charge in [-0.1, -0.05) is 31.4 Å². The van der Waals surface area contributed by atoms with Gasteiger partial charge in [0.2, 0.25) is 0 Å². The quantitative estimate of drug-likeness (QED) is 0.883. The molecule has 0 spiro atoms. The third kappa shape index (κ3) is 3.39. The van der Waals surface area contributed by atoms with Crippen molar-refractivity contribution >= 4 is 5.97 Å². The molecule has 0 atom stereocenters. The summed E-state index contributed by atoms with van der Waals surface area (Å²) >= 11 is 0. The van der Waals surface area contributed by atoms with Crippen molar-refractivity contribution in [3.63, 3.8) is 0 Å². The third-order valence-corrected chi connectivity index (χ3v) is 4.47. The maximum atomic E-state index is 11.6. The van der Waals surface area contributed by atoms with E-state index < -0.39 is 11.4 Å². The van der Waals surface area contributed by atoms with E-state index in [4.69, 9.17) is 5.26 Å². The Kier molecular flexibility index (Phi) is 4.79. The number of hydrogen-bond acceptors (Lipinski definition) is 2. The summed E-state index contributed by atoms with van der Waals surface area (Å²) in [5.41, 5.74) is 1.37. The first-order chi connectivity index (χ1) is 9.66. The zero-order valence-corrected chi connectivity index (χ0v) is 11.8. The monoisotopic (exact) mass is 271 g/mol. The van der Waals surface area contributed by atoms with Crippen LogP contribution in [0.4, 0.5) is 0 Å². The van der Waals surface area contributed by atoms with E-state index in [1.54, 1.807) is 0 Å². The van der Waals surface area contributed by atoms with Crippen LogP contribution >= 0.6 is 0 Å². The Morgan fingerprint density at radius 2 is 1.85 bits per heavy atom. The average molecular weight is 271 g/mol. The highest BCUT2D eigenvalue weighted by Crippen LogP contribution is 2.40. The Labute approximate surface area is 120 Å². The van der Waals surface area contributed by atoms with E-state index in [2.05, 4.69) is 6.07 Å². The minimum Gasteiger partial charge on any atom is -0.481 e. The van der Waals surface area contributed by atoms with Gasteiger partial charge in [-0.15, -0.1) is 0 Å².